The van der Waals surface area contributed by atoms with Crippen molar-refractivity contribution in [1.82, 2.24) is 0 Å². The van der Waals surface area contributed by atoms with Crippen LogP contribution in [0.2, 0.25) is 0 Å². The Kier molecular flexibility index (Phi) is 34.9. The zero-order valence-corrected chi connectivity index (χ0v) is 31.1. The van der Waals surface area contributed by atoms with Crippen LogP contribution in [-0.2, 0) is 19.1 Å². The maximum atomic E-state index is 12.0. The summed E-state index contributed by atoms with van der Waals surface area (Å²) in [5.74, 6) is 1.54. The van der Waals surface area contributed by atoms with E-state index in [9.17, 15) is 9.59 Å². The van der Waals surface area contributed by atoms with Crippen molar-refractivity contribution >= 4 is 11.9 Å². The molecule has 4 heteroatoms. The Labute approximate surface area is 282 Å². The third kappa shape index (κ3) is 39.0. The highest BCUT2D eigenvalue weighted by atomic mass is 16.5. The van der Waals surface area contributed by atoms with Crippen molar-refractivity contribution in [3.8, 4) is 0 Å². The van der Waals surface area contributed by atoms with Gasteiger partial charge in [-0.05, 0) is 37.5 Å². The predicted molar refractivity (Wildman–Crippen MR) is 195 cm³/mol. The van der Waals surface area contributed by atoms with Crippen molar-refractivity contribution in [3.05, 3.63) is 0 Å². The molecule has 0 bridgehead atoms. The molecule has 0 heterocycles. The number of carbonyl (C=O) groups is 2. The summed E-state index contributed by atoms with van der Waals surface area (Å²) in [4.78, 5) is 23.9. The van der Waals surface area contributed by atoms with Crippen molar-refractivity contribution in [1.29, 1.82) is 0 Å². The zero-order chi connectivity index (χ0) is 33.1. The Morgan fingerprint density at radius 1 is 0.333 bits per heavy atom. The fraction of sp³-hybridized carbons (Fsp3) is 0.951. The van der Waals surface area contributed by atoms with E-state index in [1.165, 1.54) is 141 Å². The Hall–Kier alpha value is -1.06. The summed E-state index contributed by atoms with van der Waals surface area (Å²) in [6, 6.07) is 0. The number of unbranched alkanes of at least 4 members (excludes halogenated alkanes) is 24. The molecule has 0 aromatic rings. The highest BCUT2D eigenvalue weighted by Crippen LogP contribution is 2.16. The smallest absolute Gasteiger partial charge is 0.305 e. The first-order valence-corrected chi connectivity index (χ1v) is 20.2. The molecule has 0 atom stereocenters. The average molecular weight is 637 g/mol. The highest BCUT2D eigenvalue weighted by Gasteiger charge is 2.06. The minimum Gasteiger partial charge on any atom is -0.466 e. The maximum Gasteiger partial charge on any atom is 0.305 e. The van der Waals surface area contributed by atoms with E-state index in [1.807, 2.05) is 0 Å². The van der Waals surface area contributed by atoms with Crippen molar-refractivity contribution in [3.63, 3.8) is 0 Å². The molecule has 0 rings (SSSR count). The number of hydrogen-bond acceptors (Lipinski definition) is 4. The molecule has 0 aliphatic heterocycles. The highest BCUT2D eigenvalue weighted by molar-refractivity contribution is 5.69. The van der Waals surface area contributed by atoms with Crippen LogP contribution in [0.25, 0.3) is 0 Å². The van der Waals surface area contributed by atoms with Gasteiger partial charge in [-0.15, -0.1) is 0 Å². The predicted octanol–water partition coefficient (Wildman–Crippen LogP) is 13.5. The second-order valence-corrected chi connectivity index (χ2v) is 14.9. The largest absolute Gasteiger partial charge is 0.466 e. The van der Waals surface area contributed by atoms with Gasteiger partial charge in [-0.1, -0.05) is 188 Å². The first-order chi connectivity index (χ1) is 21.9. The molecule has 0 aromatic heterocycles. The summed E-state index contributed by atoms with van der Waals surface area (Å²) in [7, 11) is 0. The van der Waals surface area contributed by atoms with E-state index in [0.29, 0.717) is 26.1 Å². The minimum absolute atomic E-state index is 0.0886. The number of carbonyl (C=O) groups excluding carboxylic acids is 2. The third-order valence-corrected chi connectivity index (χ3v) is 9.14. The molecule has 45 heavy (non-hydrogen) atoms. The molecule has 0 radical (unpaired) electrons. The van der Waals surface area contributed by atoms with Crippen molar-refractivity contribution < 1.29 is 19.1 Å². The summed E-state index contributed by atoms with van der Waals surface area (Å²) in [5, 5.41) is 0. The first kappa shape index (κ1) is 43.9. The van der Waals surface area contributed by atoms with Crippen LogP contribution in [0, 0.1) is 11.8 Å². The van der Waals surface area contributed by atoms with Crippen LogP contribution < -0.4 is 0 Å². The molecule has 0 aromatic carbocycles. The van der Waals surface area contributed by atoms with Gasteiger partial charge >= 0.3 is 11.9 Å². The number of hydrogen-bond donors (Lipinski definition) is 0. The fourth-order valence-electron chi connectivity index (χ4n) is 6.08. The first-order valence-electron chi connectivity index (χ1n) is 20.2. The lowest BCUT2D eigenvalue weighted by atomic mass is 10.0. The number of ether oxygens (including phenoxy) is 2. The van der Waals surface area contributed by atoms with E-state index in [0.717, 1.165) is 56.8 Å². The second-order valence-electron chi connectivity index (χ2n) is 14.9. The molecule has 0 saturated heterocycles. The van der Waals surface area contributed by atoms with Gasteiger partial charge in [0.1, 0.15) is 0 Å². The van der Waals surface area contributed by atoms with Crippen LogP contribution >= 0.6 is 0 Å². The van der Waals surface area contributed by atoms with Crippen LogP contribution in [0.15, 0.2) is 0 Å². The van der Waals surface area contributed by atoms with Crippen LogP contribution in [0.1, 0.15) is 227 Å². The Morgan fingerprint density at radius 2 is 0.556 bits per heavy atom. The number of esters is 2. The summed E-state index contributed by atoms with van der Waals surface area (Å²) in [6.07, 6.45) is 37.9. The van der Waals surface area contributed by atoms with E-state index in [2.05, 4.69) is 27.7 Å². The van der Waals surface area contributed by atoms with E-state index in [-0.39, 0.29) is 11.9 Å². The fourth-order valence-corrected chi connectivity index (χ4v) is 6.08. The molecule has 4 nitrogen and oxygen atoms in total. The van der Waals surface area contributed by atoms with Crippen molar-refractivity contribution in [2.75, 3.05) is 13.2 Å². The average Bonchev–Trinajstić information content (AvgIpc) is 3.00. The standard InChI is InChI=1S/C41H80O4/c1-38(2)32-26-21-17-13-9-5-7-11-15-19-23-30-36-44-40(42)34-28-25-29-35-41(43)45-37-31-24-20-16-12-8-6-10-14-18-22-27-33-39(3)4/h38-39H,5-37H2,1-4H3. The molecule has 0 spiro atoms. The SMILES string of the molecule is CC(C)CCCCCCCCCCCCCCOC(=O)CCCCCC(=O)OCCCCCCCCCCCCCCC(C)C. The Balaban J connectivity index is 3.26. The van der Waals surface area contributed by atoms with Crippen molar-refractivity contribution in [2.24, 2.45) is 11.8 Å². The molecule has 0 N–H and O–H groups in total. The van der Waals surface area contributed by atoms with Gasteiger partial charge in [0.2, 0.25) is 0 Å². The Morgan fingerprint density at radius 3 is 0.822 bits per heavy atom. The van der Waals surface area contributed by atoms with Crippen LogP contribution in [0.3, 0.4) is 0 Å². The second kappa shape index (κ2) is 35.8. The van der Waals surface area contributed by atoms with Gasteiger partial charge in [0, 0.05) is 12.8 Å². The lowest BCUT2D eigenvalue weighted by Crippen LogP contribution is -2.07. The molecule has 0 unspecified atom stereocenters. The Bertz CT molecular complexity index is 563. The topological polar surface area (TPSA) is 52.6 Å². The van der Waals surface area contributed by atoms with Gasteiger partial charge in [-0.2, -0.15) is 0 Å². The molecule has 268 valence electrons. The molecular weight excluding hydrogens is 556 g/mol. The minimum atomic E-state index is -0.0886. The summed E-state index contributed by atoms with van der Waals surface area (Å²) in [5.41, 5.74) is 0. The maximum absolute atomic E-state index is 12.0. The van der Waals surface area contributed by atoms with Crippen LogP contribution in [0.5, 0.6) is 0 Å². The van der Waals surface area contributed by atoms with Gasteiger partial charge in [-0.3, -0.25) is 9.59 Å². The summed E-state index contributed by atoms with van der Waals surface area (Å²) < 4.78 is 10.8. The van der Waals surface area contributed by atoms with Gasteiger partial charge < -0.3 is 9.47 Å². The molecule has 0 aliphatic carbocycles. The zero-order valence-electron chi connectivity index (χ0n) is 31.1. The van der Waals surface area contributed by atoms with Crippen molar-refractivity contribution in [2.45, 2.75) is 227 Å². The molecule has 0 amide bonds. The van der Waals surface area contributed by atoms with E-state index >= 15 is 0 Å². The van der Waals surface area contributed by atoms with Gasteiger partial charge in [0.25, 0.3) is 0 Å². The van der Waals surface area contributed by atoms with E-state index in [1.54, 1.807) is 0 Å². The van der Waals surface area contributed by atoms with Gasteiger partial charge in [0.05, 0.1) is 13.2 Å². The lowest BCUT2D eigenvalue weighted by Gasteiger charge is -2.06. The third-order valence-electron chi connectivity index (χ3n) is 9.14. The summed E-state index contributed by atoms with van der Waals surface area (Å²) >= 11 is 0. The molecule has 0 fully saturated rings. The van der Waals surface area contributed by atoms with Crippen LogP contribution in [-0.4, -0.2) is 25.2 Å². The molecule has 0 saturated carbocycles. The van der Waals surface area contributed by atoms with E-state index < -0.39 is 0 Å². The molecular formula is C41H80O4. The van der Waals surface area contributed by atoms with E-state index in [4.69, 9.17) is 9.47 Å². The monoisotopic (exact) mass is 637 g/mol. The lowest BCUT2D eigenvalue weighted by molar-refractivity contribution is -0.144. The van der Waals surface area contributed by atoms with Crippen LogP contribution in [0.4, 0.5) is 0 Å². The van der Waals surface area contributed by atoms with Gasteiger partial charge in [0.15, 0.2) is 0 Å². The normalized spacial score (nSPS) is 11.5. The summed E-state index contributed by atoms with van der Waals surface area (Å²) in [6.45, 7) is 10.4. The number of rotatable bonds is 36. The quantitative estimate of drug-likeness (QED) is 0.0507. The van der Waals surface area contributed by atoms with Gasteiger partial charge in [-0.25, -0.2) is 0 Å². The molecule has 0 aliphatic rings.